The predicted octanol–water partition coefficient (Wildman–Crippen LogP) is 2.78. The van der Waals surface area contributed by atoms with Crippen LogP contribution in [0.3, 0.4) is 0 Å². The normalized spacial score (nSPS) is 10.8. The third kappa shape index (κ3) is 2.19. The number of rotatable bonds is 3. The Labute approximate surface area is 124 Å². The zero-order valence-electron chi connectivity index (χ0n) is 10.9. The van der Waals surface area contributed by atoms with Crippen LogP contribution in [0.1, 0.15) is 10.4 Å². The first kappa shape index (κ1) is 13.4. The predicted molar refractivity (Wildman–Crippen MR) is 77.4 cm³/mol. The first-order valence-corrected chi connectivity index (χ1v) is 6.41. The molecule has 106 valence electrons. The number of hydrogen-bond acceptors (Lipinski definition) is 4. The number of para-hydroxylation sites is 1. The number of carbonyl (C=O) groups is 1. The Bertz CT molecular complexity index is 845. The number of benzene rings is 2. The number of halogens is 1. The van der Waals surface area contributed by atoms with Gasteiger partial charge in [-0.05, 0) is 24.3 Å². The second kappa shape index (κ2) is 5.06. The maximum absolute atomic E-state index is 11.4. The van der Waals surface area contributed by atoms with E-state index in [1.54, 1.807) is 30.3 Å². The Hall–Kier alpha value is -2.60. The summed E-state index contributed by atoms with van der Waals surface area (Å²) in [6, 6.07) is 9.91. The molecule has 3 rings (SSSR count). The van der Waals surface area contributed by atoms with Crippen molar-refractivity contribution >= 4 is 28.6 Å². The van der Waals surface area contributed by atoms with E-state index >= 15 is 0 Å². The monoisotopic (exact) mass is 303 g/mol. The van der Waals surface area contributed by atoms with Gasteiger partial charge in [-0.1, -0.05) is 22.9 Å². The smallest absolute Gasteiger partial charge is 0.337 e. The number of aromatic nitrogens is 3. The Morgan fingerprint density at radius 2 is 2.14 bits per heavy atom. The minimum Gasteiger partial charge on any atom is -0.495 e. The van der Waals surface area contributed by atoms with Crippen molar-refractivity contribution in [1.29, 1.82) is 0 Å². The lowest BCUT2D eigenvalue weighted by atomic mass is 10.2. The third-order valence-electron chi connectivity index (χ3n) is 3.08. The van der Waals surface area contributed by atoms with Crippen LogP contribution in [0.15, 0.2) is 36.4 Å². The summed E-state index contributed by atoms with van der Waals surface area (Å²) in [5.41, 5.74) is 1.68. The molecule has 1 N–H and O–H groups in total. The highest BCUT2D eigenvalue weighted by Gasteiger charge is 2.16. The van der Waals surface area contributed by atoms with Gasteiger partial charge in [-0.3, -0.25) is 0 Å². The van der Waals surface area contributed by atoms with Gasteiger partial charge < -0.3 is 9.84 Å². The summed E-state index contributed by atoms with van der Waals surface area (Å²) in [6.07, 6.45) is 0. The lowest BCUT2D eigenvalue weighted by Gasteiger charge is -2.08. The molecule has 3 aromatic rings. The van der Waals surface area contributed by atoms with E-state index in [4.69, 9.17) is 16.3 Å². The number of nitrogens with zero attached hydrogens (tertiary/aromatic N) is 3. The highest BCUT2D eigenvalue weighted by molar-refractivity contribution is 6.32. The van der Waals surface area contributed by atoms with Crippen molar-refractivity contribution in [2.75, 3.05) is 7.11 Å². The lowest BCUT2D eigenvalue weighted by molar-refractivity contribution is 0.0698. The van der Waals surface area contributed by atoms with Crippen molar-refractivity contribution < 1.29 is 14.6 Å². The average molecular weight is 304 g/mol. The topological polar surface area (TPSA) is 77.2 Å². The molecule has 0 saturated heterocycles. The molecule has 2 aromatic carbocycles. The summed E-state index contributed by atoms with van der Waals surface area (Å²) in [5.74, 6) is -0.560. The maximum atomic E-state index is 11.4. The van der Waals surface area contributed by atoms with E-state index in [9.17, 15) is 9.90 Å². The molecule has 0 radical (unpaired) electrons. The molecule has 0 atom stereocenters. The Morgan fingerprint density at radius 1 is 1.33 bits per heavy atom. The van der Waals surface area contributed by atoms with Gasteiger partial charge in [-0.15, -0.1) is 5.10 Å². The Kier molecular flexibility index (Phi) is 3.23. The van der Waals surface area contributed by atoms with Gasteiger partial charge in [0.05, 0.1) is 23.4 Å². The summed E-state index contributed by atoms with van der Waals surface area (Å²) in [5, 5.41) is 17.8. The van der Waals surface area contributed by atoms with Crippen molar-refractivity contribution in [3.63, 3.8) is 0 Å². The van der Waals surface area contributed by atoms with Gasteiger partial charge >= 0.3 is 5.97 Å². The van der Waals surface area contributed by atoms with Crippen LogP contribution in [0.25, 0.3) is 16.7 Å². The van der Waals surface area contributed by atoms with Crippen LogP contribution in [-0.2, 0) is 0 Å². The van der Waals surface area contributed by atoms with Gasteiger partial charge in [-0.2, -0.15) is 0 Å². The minimum atomic E-state index is -1.04. The van der Waals surface area contributed by atoms with Crippen molar-refractivity contribution in [3.05, 3.63) is 47.0 Å². The van der Waals surface area contributed by atoms with Crippen LogP contribution in [0, 0.1) is 0 Å². The number of ether oxygens (including phenoxy) is 1. The summed E-state index contributed by atoms with van der Waals surface area (Å²) >= 11 is 5.99. The fraction of sp³-hybridized carbons (Fsp3) is 0.0714. The number of methoxy groups -OCH3 is 1. The molecule has 1 heterocycles. The molecule has 0 fully saturated rings. The molecular weight excluding hydrogens is 294 g/mol. The molecule has 21 heavy (non-hydrogen) atoms. The van der Waals surface area contributed by atoms with E-state index in [1.165, 1.54) is 17.9 Å². The van der Waals surface area contributed by atoms with E-state index < -0.39 is 5.97 Å². The molecule has 6 nitrogen and oxygen atoms in total. The standard InChI is InChI=1S/C14H10ClN3O3/c1-21-12-7-8(5-6-10(12)15)18-13-9(14(19)20)3-2-4-11(13)16-17-18/h2-7H,1H3,(H,19,20). The van der Waals surface area contributed by atoms with Gasteiger partial charge in [0.2, 0.25) is 0 Å². The molecular formula is C14H10ClN3O3. The van der Waals surface area contributed by atoms with E-state index in [1.807, 2.05) is 0 Å². The van der Waals surface area contributed by atoms with Crippen molar-refractivity contribution in [3.8, 4) is 11.4 Å². The molecule has 0 bridgehead atoms. The molecule has 0 aliphatic heterocycles. The van der Waals surface area contributed by atoms with Gasteiger partial charge in [0.15, 0.2) is 0 Å². The highest BCUT2D eigenvalue weighted by Crippen LogP contribution is 2.28. The Morgan fingerprint density at radius 3 is 2.86 bits per heavy atom. The average Bonchev–Trinajstić information content (AvgIpc) is 2.91. The van der Waals surface area contributed by atoms with Crippen LogP contribution in [0.2, 0.25) is 5.02 Å². The van der Waals surface area contributed by atoms with Crippen molar-refractivity contribution in [2.24, 2.45) is 0 Å². The van der Waals surface area contributed by atoms with E-state index in [-0.39, 0.29) is 5.56 Å². The lowest BCUT2D eigenvalue weighted by Crippen LogP contribution is -2.03. The van der Waals surface area contributed by atoms with Gasteiger partial charge in [0.25, 0.3) is 0 Å². The maximum Gasteiger partial charge on any atom is 0.337 e. The fourth-order valence-electron chi connectivity index (χ4n) is 2.11. The molecule has 0 saturated carbocycles. The summed E-state index contributed by atoms with van der Waals surface area (Å²) < 4.78 is 6.62. The molecule has 0 aliphatic carbocycles. The van der Waals surface area contributed by atoms with Gasteiger partial charge in [-0.25, -0.2) is 9.48 Å². The molecule has 0 spiro atoms. The van der Waals surface area contributed by atoms with Gasteiger partial charge in [0.1, 0.15) is 16.8 Å². The number of carboxylic acids is 1. The van der Waals surface area contributed by atoms with Crippen LogP contribution in [-0.4, -0.2) is 33.2 Å². The molecule has 0 amide bonds. The van der Waals surface area contributed by atoms with E-state index in [0.29, 0.717) is 27.5 Å². The zero-order chi connectivity index (χ0) is 15.0. The van der Waals surface area contributed by atoms with E-state index in [0.717, 1.165) is 0 Å². The first-order valence-electron chi connectivity index (χ1n) is 6.03. The summed E-state index contributed by atoms with van der Waals surface area (Å²) in [4.78, 5) is 11.4. The third-order valence-corrected chi connectivity index (χ3v) is 3.39. The number of fused-ring (bicyclic) bond motifs is 1. The van der Waals surface area contributed by atoms with E-state index in [2.05, 4.69) is 10.3 Å². The highest BCUT2D eigenvalue weighted by atomic mass is 35.5. The quantitative estimate of drug-likeness (QED) is 0.805. The minimum absolute atomic E-state index is 0.131. The Balaban J connectivity index is 2.28. The molecule has 1 aromatic heterocycles. The van der Waals surface area contributed by atoms with Crippen LogP contribution in [0.4, 0.5) is 0 Å². The number of hydrogen-bond donors (Lipinski definition) is 1. The van der Waals surface area contributed by atoms with Gasteiger partial charge in [0, 0.05) is 6.07 Å². The zero-order valence-corrected chi connectivity index (χ0v) is 11.7. The summed E-state index contributed by atoms with van der Waals surface area (Å²) in [7, 11) is 1.51. The molecule has 0 unspecified atom stereocenters. The van der Waals surface area contributed by atoms with Crippen LogP contribution < -0.4 is 4.74 Å². The summed E-state index contributed by atoms with van der Waals surface area (Å²) in [6.45, 7) is 0. The second-order valence-electron chi connectivity index (χ2n) is 4.30. The molecule has 7 heteroatoms. The van der Waals surface area contributed by atoms with Crippen molar-refractivity contribution in [1.82, 2.24) is 15.0 Å². The number of carboxylic acid groups (broad SMARTS) is 1. The first-order chi connectivity index (χ1) is 10.1. The van der Waals surface area contributed by atoms with Crippen LogP contribution in [0.5, 0.6) is 5.75 Å². The number of aromatic carboxylic acids is 1. The fourth-order valence-corrected chi connectivity index (χ4v) is 2.30. The van der Waals surface area contributed by atoms with Crippen LogP contribution >= 0.6 is 11.6 Å². The SMILES string of the molecule is COc1cc(-n2nnc3cccc(C(=O)O)c32)ccc1Cl. The molecule has 0 aliphatic rings. The second-order valence-corrected chi connectivity index (χ2v) is 4.71. The van der Waals surface area contributed by atoms with Crippen molar-refractivity contribution in [2.45, 2.75) is 0 Å². The largest absolute Gasteiger partial charge is 0.495 e.